The van der Waals surface area contributed by atoms with Crippen molar-refractivity contribution < 1.29 is 36.6 Å². The number of nitrogens with zero attached hydrogens (tertiary/aromatic N) is 1. The van der Waals surface area contributed by atoms with E-state index in [1.165, 1.54) is 30.5 Å². The summed E-state index contributed by atoms with van der Waals surface area (Å²) >= 11 is 5.64. The summed E-state index contributed by atoms with van der Waals surface area (Å²) < 4.78 is 60.3. The van der Waals surface area contributed by atoms with E-state index in [2.05, 4.69) is 20.4 Å². The van der Waals surface area contributed by atoms with Gasteiger partial charge in [-0.3, -0.25) is 9.59 Å². The van der Waals surface area contributed by atoms with Crippen LogP contribution in [0.25, 0.3) is 0 Å². The molecular formula is C24H24ClF4N3O4. The molecule has 0 spiro atoms. The third kappa shape index (κ3) is 6.18. The van der Waals surface area contributed by atoms with Crippen LogP contribution in [0.1, 0.15) is 38.5 Å². The van der Waals surface area contributed by atoms with Crippen molar-refractivity contribution in [1.82, 2.24) is 10.3 Å². The summed E-state index contributed by atoms with van der Waals surface area (Å²) in [7, 11) is 0. The van der Waals surface area contributed by atoms with Crippen LogP contribution in [-0.4, -0.2) is 41.7 Å². The van der Waals surface area contributed by atoms with Crippen molar-refractivity contribution in [2.75, 3.05) is 18.5 Å². The van der Waals surface area contributed by atoms with Gasteiger partial charge in [0.05, 0.1) is 16.9 Å². The number of hydrogen-bond donors (Lipinski definition) is 2. The number of fused-ring (bicyclic) bond motifs is 3. The minimum absolute atomic E-state index is 0.0363. The van der Waals surface area contributed by atoms with Crippen molar-refractivity contribution in [2.24, 2.45) is 5.41 Å². The Morgan fingerprint density at radius 2 is 1.72 bits per heavy atom. The molecule has 36 heavy (non-hydrogen) atoms. The van der Waals surface area contributed by atoms with Crippen LogP contribution < -0.4 is 20.1 Å². The van der Waals surface area contributed by atoms with Gasteiger partial charge in [-0.1, -0.05) is 11.6 Å². The predicted octanol–water partition coefficient (Wildman–Crippen LogP) is 5.04. The first-order valence-electron chi connectivity index (χ1n) is 11.3. The van der Waals surface area contributed by atoms with Crippen LogP contribution in [0.5, 0.6) is 11.6 Å². The molecule has 12 heteroatoms. The molecule has 2 aromatic rings. The fourth-order valence-corrected chi connectivity index (χ4v) is 4.84. The quantitative estimate of drug-likeness (QED) is 0.468. The van der Waals surface area contributed by atoms with Crippen LogP contribution >= 0.6 is 11.6 Å². The second-order valence-electron chi connectivity index (χ2n) is 9.22. The number of rotatable bonds is 8. The van der Waals surface area contributed by atoms with Crippen LogP contribution in [0, 0.1) is 11.2 Å². The third-order valence-corrected chi connectivity index (χ3v) is 7.08. The zero-order valence-electron chi connectivity index (χ0n) is 19.1. The van der Waals surface area contributed by atoms with E-state index in [0.717, 1.165) is 6.07 Å². The fraction of sp³-hybridized carbons (Fsp3) is 0.458. The third-order valence-electron chi connectivity index (χ3n) is 6.77. The van der Waals surface area contributed by atoms with Crippen molar-refractivity contribution in [2.45, 2.75) is 50.2 Å². The molecule has 0 aliphatic heterocycles. The number of ether oxygens (including phenoxy) is 2. The molecule has 0 atom stereocenters. The second kappa shape index (κ2) is 10.1. The van der Waals surface area contributed by atoms with Crippen LogP contribution in [0.15, 0.2) is 36.5 Å². The molecule has 3 aliphatic carbocycles. The smallest absolute Gasteiger partial charge is 0.422 e. The van der Waals surface area contributed by atoms with Gasteiger partial charge in [0.15, 0.2) is 13.2 Å². The van der Waals surface area contributed by atoms with Gasteiger partial charge in [-0.2, -0.15) is 13.2 Å². The zero-order valence-corrected chi connectivity index (χ0v) is 19.8. The molecule has 5 rings (SSSR count). The molecule has 2 amide bonds. The number of anilines is 1. The first kappa shape index (κ1) is 26.0. The summed E-state index contributed by atoms with van der Waals surface area (Å²) in [6.07, 6.45) is 0.350. The molecule has 1 heterocycles. The van der Waals surface area contributed by atoms with Crippen LogP contribution in [0.3, 0.4) is 0 Å². The van der Waals surface area contributed by atoms with E-state index in [1.807, 2.05) is 0 Å². The van der Waals surface area contributed by atoms with E-state index in [9.17, 15) is 27.2 Å². The summed E-state index contributed by atoms with van der Waals surface area (Å²) in [6.45, 7) is -1.72. The predicted molar refractivity (Wildman–Crippen MR) is 122 cm³/mol. The summed E-state index contributed by atoms with van der Waals surface area (Å²) in [6, 6.07) is 6.64. The fourth-order valence-electron chi connectivity index (χ4n) is 4.72. The van der Waals surface area contributed by atoms with Crippen molar-refractivity contribution in [1.29, 1.82) is 0 Å². The Morgan fingerprint density at radius 1 is 1.03 bits per heavy atom. The zero-order chi connectivity index (χ0) is 26.0. The Labute approximate surface area is 209 Å². The molecule has 194 valence electrons. The molecule has 3 aliphatic rings. The monoisotopic (exact) mass is 529 g/mol. The summed E-state index contributed by atoms with van der Waals surface area (Å²) in [5, 5.41) is 5.80. The number of alkyl halides is 3. The number of pyridine rings is 1. The van der Waals surface area contributed by atoms with Crippen LogP contribution in [0.2, 0.25) is 5.02 Å². The average molecular weight is 530 g/mol. The van der Waals surface area contributed by atoms with Gasteiger partial charge >= 0.3 is 6.18 Å². The lowest BCUT2D eigenvalue weighted by Gasteiger charge is -2.52. The van der Waals surface area contributed by atoms with E-state index < -0.39 is 29.6 Å². The van der Waals surface area contributed by atoms with Gasteiger partial charge in [0.2, 0.25) is 11.8 Å². The highest BCUT2D eigenvalue weighted by atomic mass is 35.5. The number of hydrogen-bond acceptors (Lipinski definition) is 5. The minimum atomic E-state index is -4.46. The molecular weight excluding hydrogens is 506 g/mol. The summed E-state index contributed by atoms with van der Waals surface area (Å²) in [5.41, 5.74) is -0.651. The number of carbonyl (C=O) groups excluding carboxylic acids is 2. The molecule has 7 nitrogen and oxygen atoms in total. The van der Waals surface area contributed by atoms with Gasteiger partial charge in [0.25, 0.3) is 5.91 Å². The topological polar surface area (TPSA) is 89.5 Å². The maximum absolute atomic E-state index is 13.5. The lowest BCUT2D eigenvalue weighted by atomic mass is 9.57. The average Bonchev–Trinajstić information content (AvgIpc) is 2.85. The van der Waals surface area contributed by atoms with Gasteiger partial charge in [-0.05, 0) is 56.7 Å². The molecule has 0 unspecified atom stereocenters. The first-order chi connectivity index (χ1) is 17.0. The first-order valence-corrected chi connectivity index (χ1v) is 11.7. The highest BCUT2D eigenvalue weighted by Gasteiger charge is 2.52. The van der Waals surface area contributed by atoms with Gasteiger partial charge in [-0.25, -0.2) is 9.37 Å². The normalized spacial score (nSPS) is 23.1. The Morgan fingerprint density at radius 3 is 2.31 bits per heavy atom. The Bertz CT molecular complexity index is 1100. The highest BCUT2D eigenvalue weighted by molar-refractivity contribution is 6.30. The summed E-state index contributed by atoms with van der Waals surface area (Å²) in [5.74, 6) is -1.14. The van der Waals surface area contributed by atoms with Gasteiger partial charge in [-0.15, -0.1) is 0 Å². The number of amides is 2. The molecule has 3 fully saturated rings. The van der Waals surface area contributed by atoms with E-state index in [-0.39, 0.29) is 35.1 Å². The van der Waals surface area contributed by atoms with Gasteiger partial charge in [0.1, 0.15) is 11.6 Å². The Kier molecular flexibility index (Phi) is 7.31. The van der Waals surface area contributed by atoms with Gasteiger partial charge in [0, 0.05) is 23.1 Å². The van der Waals surface area contributed by atoms with Crippen molar-refractivity contribution in [3.63, 3.8) is 0 Å². The van der Waals surface area contributed by atoms with Crippen LogP contribution in [-0.2, 0) is 9.59 Å². The number of nitrogens with one attached hydrogen (secondary N) is 2. The van der Waals surface area contributed by atoms with Crippen LogP contribution in [0.4, 0.5) is 23.2 Å². The Balaban J connectivity index is 1.27. The molecule has 1 aromatic carbocycles. The number of benzene rings is 1. The molecule has 0 radical (unpaired) electrons. The molecule has 2 N–H and O–H groups in total. The maximum Gasteiger partial charge on any atom is 0.422 e. The van der Waals surface area contributed by atoms with E-state index in [1.54, 1.807) is 0 Å². The SMILES string of the molecule is O=C(COc1ccc(Cl)c(F)c1)NC12CCC(C(=O)Nc3ccc(OCC(F)(F)F)nc3)(CC1)CC2. The standard InChI is InChI=1S/C24H24ClF4N3O4/c25-17-3-2-16(11-18(17)26)35-13-19(33)32-23-8-5-22(6-9-23,7-10-23)21(34)31-15-1-4-20(30-12-15)36-14-24(27,28)29/h1-4,11-12H,5-10,13-14H2,(H,31,34)(H,32,33). The molecule has 0 saturated heterocycles. The van der Waals surface area contributed by atoms with E-state index in [0.29, 0.717) is 44.2 Å². The maximum atomic E-state index is 13.5. The second-order valence-corrected chi connectivity index (χ2v) is 9.62. The van der Waals surface area contributed by atoms with E-state index in [4.69, 9.17) is 16.3 Å². The molecule has 2 bridgehead atoms. The largest absolute Gasteiger partial charge is 0.484 e. The lowest BCUT2D eigenvalue weighted by Crippen LogP contribution is -2.59. The van der Waals surface area contributed by atoms with Crippen molar-refractivity contribution in [3.8, 4) is 11.6 Å². The Hall–Kier alpha value is -3.08. The van der Waals surface area contributed by atoms with Crippen molar-refractivity contribution >= 4 is 29.1 Å². The molecule has 3 saturated carbocycles. The molecule has 1 aromatic heterocycles. The van der Waals surface area contributed by atoms with Crippen molar-refractivity contribution in [3.05, 3.63) is 47.4 Å². The number of carbonyl (C=O) groups is 2. The van der Waals surface area contributed by atoms with E-state index >= 15 is 0 Å². The highest BCUT2D eigenvalue weighted by Crippen LogP contribution is 2.52. The lowest BCUT2D eigenvalue weighted by molar-refractivity contribution is -0.154. The number of halogens is 5. The van der Waals surface area contributed by atoms with Gasteiger partial charge < -0.3 is 20.1 Å². The number of aromatic nitrogens is 1. The minimum Gasteiger partial charge on any atom is -0.484 e. The summed E-state index contributed by atoms with van der Waals surface area (Å²) in [4.78, 5) is 29.4.